The summed E-state index contributed by atoms with van der Waals surface area (Å²) in [5, 5.41) is 7.12. The number of H-pyrrole nitrogens is 2. The second kappa shape index (κ2) is 6.49. The number of aromatic nitrogens is 5. The van der Waals surface area contributed by atoms with E-state index in [0.717, 1.165) is 22.8 Å². The van der Waals surface area contributed by atoms with Crippen molar-refractivity contribution in [3.63, 3.8) is 0 Å². The van der Waals surface area contributed by atoms with Crippen molar-refractivity contribution in [2.45, 2.75) is 19.4 Å². The van der Waals surface area contributed by atoms with Crippen LogP contribution in [0.2, 0.25) is 0 Å². The number of fused-ring (bicyclic) bond motifs is 1. The number of pyridine rings is 1. The number of hydrogen-bond donors (Lipinski definition) is 2. The summed E-state index contributed by atoms with van der Waals surface area (Å²) in [4.78, 5) is 27.2. The second-order valence-corrected chi connectivity index (χ2v) is 6.75. The van der Waals surface area contributed by atoms with Gasteiger partial charge in [-0.25, -0.2) is 4.98 Å². The lowest BCUT2D eigenvalue weighted by Crippen LogP contribution is -2.41. The first kappa shape index (κ1) is 16.5. The summed E-state index contributed by atoms with van der Waals surface area (Å²) >= 11 is 0. The van der Waals surface area contributed by atoms with Crippen LogP contribution in [0.15, 0.2) is 53.3 Å². The topological polar surface area (TPSA) is 104 Å². The molecule has 8 heteroatoms. The molecular formula is C20H18N6O2. The fourth-order valence-corrected chi connectivity index (χ4v) is 3.62. The lowest BCUT2D eigenvalue weighted by Gasteiger charge is -2.34. The molecule has 0 saturated carbocycles. The van der Waals surface area contributed by atoms with Gasteiger partial charge in [0.1, 0.15) is 17.5 Å². The van der Waals surface area contributed by atoms with E-state index in [0.29, 0.717) is 30.1 Å². The normalized spacial score (nSPS) is 16.2. The standard InChI is InChI=1S/C20H18N6O2/c1-12-5-6-17(28-12)15-10-16(25-24-15)20(27)26-9-7-13-18(23-11-22-13)19(26)14-4-2-3-8-21-14/h2-6,8,10-11,19H,7,9H2,1H3,(H,22,23)(H,24,25)/t19-/m0/s1. The quantitative estimate of drug-likeness (QED) is 0.574. The Morgan fingerprint density at radius 1 is 1.25 bits per heavy atom. The number of carbonyl (C=O) groups excluding carboxylic acids is 1. The van der Waals surface area contributed by atoms with Gasteiger partial charge in [-0.2, -0.15) is 5.10 Å². The van der Waals surface area contributed by atoms with Crippen molar-refractivity contribution in [2.75, 3.05) is 6.54 Å². The van der Waals surface area contributed by atoms with Crippen molar-refractivity contribution >= 4 is 5.91 Å². The summed E-state index contributed by atoms with van der Waals surface area (Å²) in [5.74, 6) is 1.28. The average molecular weight is 374 g/mol. The highest BCUT2D eigenvalue weighted by Crippen LogP contribution is 2.33. The molecule has 28 heavy (non-hydrogen) atoms. The molecule has 0 radical (unpaired) electrons. The largest absolute Gasteiger partial charge is 0.460 e. The van der Waals surface area contributed by atoms with Crippen molar-refractivity contribution in [1.82, 2.24) is 30.0 Å². The zero-order valence-corrected chi connectivity index (χ0v) is 15.2. The first-order valence-corrected chi connectivity index (χ1v) is 9.07. The van der Waals surface area contributed by atoms with Crippen molar-refractivity contribution in [3.8, 4) is 11.5 Å². The van der Waals surface area contributed by atoms with Crippen LogP contribution in [-0.4, -0.2) is 42.5 Å². The molecule has 0 spiro atoms. The summed E-state index contributed by atoms with van der Waals surface area (Å²) in [6.45, 7) is 2.43. The van der Waals surface area contributed by atoms with Gasteiger partial charge in [0.25, 0.3) is 5.91 Å². The van der Waals surface area contributed by atoms with Gasteiger partial charge in [-0.3, -0.25) is 14.9 Å². The first-order valence-electron chi connectivity index (χ1n) is 9.07. The van der Waals surface area contributed by atoms with Gasteiger partial charge in [0, 0.05) is 30.9 Å². The van der Waals surface area contributed by atoms with Crippen LogP contribution in [-0.2, 0) is 6.42 Å². The molecule has 5 rings (SSSR count). The molecule has 0 aliphatic carbocycles. The zero-order valence-electron chi connectivity index (χ0n) is 15.2. The Labute approximate surface area is 160 Å². The summed E-state index contributed by atoms with van der Waals surface area (Å²) in [7, 11) is 0. The molecule has 0 unspecified atom stereocenters. The van der Waals surface area contributed by atoms with Gasteiger partial charge in [0.2, 0.25) is 0 Å². The van der Waals surface area contributed by atoms with Gasteiger partial charge < -0.3 is 14.3 Å². The van der Waals surface area contributed by atoms with E-state index in [1.54, 1.807) is 23.5 Å². The summed E-state index contributed by atoms with van der Waals surface area (Å²) in [5.41, 5.74) is 3.65. The maximum absolute atomic E-state index is 13.3. The Morgan fingerprint density at radius 3 is 2.96 bits per heavy atom. The van der Waals surface area contributed by atoms with Gasteiger partial charge in [-0.1, -0.05) is 6.07 Å². The maximum Gasteiger partial charge on any atom is 0.275 e. The van der Waals surface area contributed by atoms with Crippen LogP contribution in [0.25, 0.3) is 11.5 Å². The van der Waals surface area contributed by atoms with E-state index in [4.69, 9.17) is 4.42 Å². The Bertz CT molecular complexity index is 1130. The smallest absolute Gasteiger partial charge is 0.275 e. The molecule has 0 saturated heterocycles. The molecule has 1 aliphatic rings. The molecule has 140 valence electrons. The van der Waals surface area contributed by atoms with Gasteiger partial charge in [0.15, 0.2) is 11.5 Å². The molecule has 4 aromatic heterocycles. The lowest BCUT2D eigenvalue weighted by atomic mass is 9.99. The maximum atomic E-state index is 13.3. The third-order valence-corrected chi connectivity index (χ3v) is 4.96. The van der Waals surface area contributed by atoms with Crippen LogP contribution in [0.3, 0.4) is 0 Å². The number of amides is 1. The fourth-order valence-electron chi connectivity index (χ4n) is 3.62. The summed E-state index contributed by atoms with van der Waals surface area (Å²) in [6, 6.07) is 10.8. The molecule has 1 amide bonds. The van der Waals surface area contributed by atoms with E-state index >= 15 is 0 Å². The van der Waals surface area contributed by atoms with Crippen LogP contribution < -0.4 is 0 Å². The van der Waals surface area contributed by atoms with Gasteiger partial charge >= 0.3 is 0 Å². The fraction of sp³-hybridized carbons (Fsp3) is 0.200. The van der Waals surface area contributed by atoms with E-state index in [9.17, 15) is 4.79 Å². The average Bonchev–Trinajstić information content (AvgIpc) is 3.47. The monoisotopic (exact) mass is 374 g/mol. The van der Waals surface area contributed by atoms with Crippen molar-refractivity contribution in [3.05, 3.63) is 77.5 Å². The van der Waals surface area contributed by atoms with Crippen LogP contribution in [0.5, 0.6) is 0 Å². The third kappa shape index (κ3) is 2.70. The number of nitrogens with one attached hydrogen (secondary N) is 2. The molecule has 0 fully saturated rings. The van der Waals surface area contributed by atoms with Gasteiger partial charge in [-0.15, -0.1) is 0 Å². The van der Waals surface area contributed by atoms with E-state index in [2.05, 4.69) is 25.1 Å². The Kier molecular flexibility index (Phi) is 3.82. The van der Waals surface area contributed by atoms with Gasteiger partial charge in [0.05, 0.1) is 17.7 Å². The molecule has 8 nitrogen and oxygen atoms in total. The number of carbonyl (C=O) groups is 1. The number of aryl methyl sites for hydroxylation is 1. The second-order valence-electron chi connectivity index (χ2n) is 6.75. The minimum Gasteiger partial charge on any atom is -0.460 e. The third-order valence-electron chi connectivity index (χ3n) is 4.96. The minimum atomic E-state index is -0.352. The van der Waals surface area contributed by atoms with Crippen molar-refractivity contribution in [1.29, 1.82) is 0 Å². The molecule has 0 bridgehead atoms. The molecular weight excluding hydrogens is 356 g/mol. The lowest BCUT2D eigenvalue weighted by molar-refractivity contribution is 0.0681. The van der Waals surface area contributed by atoms with E-state index in [1.165, 1.54) is 0 Å². The molecule has 0 aromatic carbocycles. The molecule has 2 N–H and O–H groups in total. The Balaban J connectivity index is 1.51. The highest BCUT2D eigenvalue weighted by molar-refractivity contribution is 5.94. The zero-order chi connectivity index (χ0) is 19.1. The predicted molar refractivity (Wildman–Crippen MR) is 100 cm³/mol. The number of imidazole rings is 1. The number of aromatic amines is 2. The molecule has 5 heterocycles. The molecule has 1 aliphatic heterocycles. The van der Waals surface area contributed by atoms with E-state index in [1.807, 2.05) is 37.3 Å². The number of rotatable bonds is 3. The SMILES string of the molecule is Cc1ccc(-c2cc(C(=O)N3CCc4[nH]cnc4[C@@H]3c3ccccn3)n[nH]2)o1. The van der Waals surface area contributed by atoms with Crippen LogP contribution in [0.4, 0.5) is 0 Å². The van der Waals surface area contributed by atoms with Crippen LogP contribution in [0.1, 0.15) is 39.4 Å². The van der Waals surface area contributed by atoms with Crippen molar-refractivity contribution in [2.24, 2.45) is 0 Å². The molecule has 4 aromatic rings. The molecule has 1 atom stereocenters. The first-order chi connectivity index (χ1) is 13.7. The number of furan rings is 1. The number of hydrogen-bond acceptors (Lipinski definition) is 5. The minimum absolute atomic E-state index is 0.171. The van der Waals surface area contributed by atoms with Crippen LogP contribution >= 0.6 is 0 Å². The highest BCUT2D eigenvalue weighted by atomic mass is 16.3. The Hall–Kier alpha value is -3.68. The summed E-state index contributed by atoms with van der Waals surface area (Å²) in [6.07, 6.45) is 4.10. The van der Waals surface area contributed by atoms with E-state index in [-0.39, 0.29) is 11.9 Å². The Morgan fingerprint density at radius 2 is 2.18 bits per heavy atom. The predicted octanol–water partition coefficient (Wildman–Crippen LogP) is 2.88. The van der Waals surface area contributed by atoms with Crippen molar-refractivity contribution < 1.29 is 9.21 Å². The summed E-state index contributed by atoms with van der Waals surface area (Å²) < 4.78 is 5.61. The van der Waals surface area contributed by atoms with Gasteiger partial charge in [-0.05, 0) is 31.2 Å². The van der Waals surface area contributed by atoms with E-state index < -0.39 is 0 Å². The highest BCUT2D eigenvalue weighted by Gasteiger charge is 2.36. The van der Waals surface area contributed by atoms with Crippen LogP contribution in [0, 0.1) is 6.92 Å². The number of nitrogens with zero attached hydrogens (tertiary/aromatic N) is 4.